The summed E-state index contributed by atoms with van der Waals surface area (Å²) < 4.78 is 55.2. The van der Waals surface area contributed by atoms with Crippen LogP contribution in [0, 0.1) is 18.2 Å². The Kier molecular flexibility index (Phi) is 8.16. The number of anilines is 2. The van der Waals surface area contributed by atoms with Crippen molar-refractivity contribution in [3.8, 4) is 22.9 Å². The fourth-order valence-corrected chi connectivity index (χ4v) is 8.10. The van der Waals surface area contributed by atoms with Gasteiger partial charge in [0.1, 0.15) is 17.2 Å². The Morgan fingerprint density at radius 2 is 1.86 bits per heavy atom. The highest BCUT2D eigenvalue weighted by molar-refractivity contribution is 7.92. The zero-order valence-corrected chi connectivity index (χ0v) is 29.2. The molecule has 1 N–H and O–H groups in total. The van der Waals surface area contributed by atoms with Crippen LogP contribution in [0.5, 0.6) is 11.6 Å². The van der Waals surface area contributed by atoms with E-state index in [-0.39, 0.29) is 35.2 Å². The number of piperidine rings is 1. The third-order valence-corrected chi connectivity index (χ3v) is 10.6. The lowest BCUT2D eigenvalue weighted by atomic mass is 10.0. The number of likely N-dealkylation sites (tertiary alicyclic amines) is 1. The number of nitrogens with zero attached hydrogens (tertiary/aromatic N) is 5. The number of sulfonamides is 1. The lowest BCUT2D eigenvalue weighted by molar-refractivity contribution is 0.0206. The van der Waals surface area contributed by atoms with Crippen molar-refractivity contribution in [2.75, 3.05) is 29.0 Å². The molecule has 1 saturated heterocycles. The summed E-state index contributed by atoms with van der Waals surface area (Å²) in [5.41, 5.74) is 1.40. The number of hydrogen-bond acceptors (Lipinski definition) is 9. The highest BCUT2D eigenvalue weighted by Gasteiger charge is 2.67. The van der Waals surface area contributed by atoms with Crippen LogP contribution in [-0.4, -0.2) is 71.4 Å². The highest BCUT2D eigenvalue weighted by Crippen LogP contribution is 2.69. The number of pyridine rings is 1. The number of benzene rings is 2. The number of aryl methyl sites for hydroxylation is 1. The van der Waals surface area contributed by atoms with E-state index < -0.39 is 21.4 Å². The van der Waals surface area contributed by atoms with Gasteiger partial charge in [-0.05, 0) is 101 Å². The molecule has 1 aliphatic heterocycles. The molecule has 4 aromatic rings. The van der Waals surface area contributed by atoms with E-state index >= 15 is 4.39 Å². The normalized spacial score (nSPS) is 19.8. The topological polar surface area (TPSA) is 127 Å². The number of amides is 1. The van der Waals surface area contributed by atoms with Gasteiger partial charge < -0.3 is 19.7 Å². The van der Waals surface area contributed by atoms with Gasteiger partial charge in [0.15, 0.2) is 0 Å². The fourth-order valence-electron chi connectivity index (χ4n) is 6.82. The first-order valence-electron chi connectivity index (χ1n) is 16.6. The predicted molar refractivity (Wildman–Crippen MR) is 186 cm³/mol. The van der Waals surface area contributed by atoms with E-state index in [2.05, 4.69) is 15.3 Å². The Morgan fingerprint density at radius 1 is 1.08 bits per heavy atom. The van der Waals surface area contributed by atoms with E-state index in [9.17, 15) is 13.2 Å². The number of halogens is 1. The zero-order valence-electron chi connectivity index (χ0n) is 28.4. The number of nitrogens with one attached hydrogen (secondary N) is 1. The monoisotopic (exact) mass is 688 g/mol. The summed E-state index contributed by atoms with van der Waals surface area (Å²) >= 11 is 0. The quantitative estimate of drug-likeness (QED) is 0.207. The van der Waals surface area contributed by atoms with E-state index in [0.29, 0.717) is 46.8 Å². The molecular formula is C36H41FN6O5S. The third kappa shape index (κ3) is 6.72. The van der Waals surface area contributed by atoms with Gasteiger partial charge in [0, 0.05) is 42.3 Å². The van der Waals surface area contributed by atoms with Gasteiger partial charge in [-0.25, -0.2) is 32.6 Å². The van der Waals surface area contributed by atoms with Crippen LogP contribution in [0.25, 0.3) is 22.0 Å². The predicted octanol–water partition coefficient (Wildman–Crippen LogP) is 7.06. The Balaban J connectivity index is 1.18. The minimum atomic E-state index is -3.76. The average Bonchev–Trinajstić information content (AvgIpc) is 3.97. The lowest BCUT2D eigenvalue weighted by Crippen LogP contribution is -2.47. The molecule has 2 atom stereocenters. The molecule has 3 aliphatic rings. The van der Waals surface area contributed by atoms with Crippen molar-refractivity contribution in [2.24, 2.45) is 5.41 Å². The lowest BCUT2D eigenvalue weighted by Gasteiger charge is -2.34. The van der Waals surface area contributed by atoms with E-state index in [1.807, 2.05) is 33.8 Å². The van der Waals surface area contributed by atoms with E-state index in [0.717, 1.165) is 43.9 Å². The van der Waals surface area contributed by atoms with Gasteiger partial charge in [0.2, 0.25) is 21.9 Å². The largest absolute Gasteiger partial charge is 0.444 e. The van der Waals surface area contributed by atoms with Crippen molar-refractivity contribution in [3.05, 3.63) is 66.2 Å². The minimum absolute atomic E-state index is 0.0235. The molecule has 2 aromatic carbocycles. The van der Waals surface area contributed by atoms with Crippen LogP contribution in [-0.2, 0) is 14.8 Å². The van der Waals surface area contributed by atoms with Crippen molar-refractivity contribution in [3.63, 3.8) is 0 Å². The standard InChI is InChI=1S/C36H41FN6O5S/c1-22-10-11-24-25(12-13-27(37)30(24)43(49(5,45)46)29-20-36(29)15-16-36)31(22)47-32-26(9-6-17-38-32)28-14-18-39-33(41-28)40-23-8-7-19-42(21-23)34(44)48-35(2,3)4/h6,9-14,17-18,23,29H,7-8,15-16,19-21H2,1-5H3,(H,39,40,41)/t23?,29-/m0/s1. The van der Waals surface area contributed by atoms with E-state index in [4.69, 9.17) is 14.5 Å². The van der Waals surface area contributed by atoms with Gasteiger partial charge in [0.25, 0.3) is 0 Å². The second-order valence-corrected chi connectivity index (χ2v) is 16.3. The fraction of sp³-hybridized carbons (Fsp3) is 0.444. The summed E-state index contributed by atoms with van der Waals surface area (Å²) in [4.78, 5) is 28.2. The van der Waals surface area contributed by atoms with Crippen LogP contribution in [0.3, 0.4) is 0 Å². The Morgan fingerprint density at radius 3 is 2.57 bits per heavy atom. The minimum Gasteiger partial charge on any atom is -0.444 e. The van der Waals surface area contributed by atoms with Gasteiger partial charge in [-0.2, -0.15) is 0 Å². The van der Waals surface area contributed by atoms with Crippen molar-refractivity contribution < 1.29 is 27.1 Å². The van der Waals surface area contributed by atoms with Crippen molar-refractivity contribution in [1.29, 1.82) is 0 Å². The molecule has 258 valence electrons. The molecule has 0 radical (unpaired) electrons. The van der Waals surface area contributed by atoms with Gasteiger partial charge >= 0.3 is 6.09 Å². The van der Waals surface area contributed by atoms with E-state index in [1.165, 1.54) is 10.4 Å². The summed E-state index contributed by atoms with van der Waals surface area (Å²) in [7, 11) is -3.76. The molecule has 13 heteroatoms. The van der Waals surface area contributed by atoms with Crippen LogP contribution in [0.1, 0.15) is 58.4 Å². The summed E-state index contributed by atoms with van der Waals surface area (Å²) in [6.07, 6.45) is 8.38. The van der Waals surface area contributed by atoms with Crippen LogP contribution < -0.4 is 14.4 Å². The van der Waals surface area contributed by atoms with Gasteiger partial charge in [-0.15, -0.1) is 0 Å². The number of carbonyl (C=O) groups is 1. The van der Waals surface area contributed by atoms with Crippen LogP contribution in [0.15, 0.2) is 54.9 Å². The third-order valence-electron chi connectivity index (χ3n) is 9.48. The number of fused-ring (bicyclic) bond motifs is 1. The van der Waals surface area contributed by atoms with Crippen LogP contribution in [0.2, 0.25) is 0 Å². The molecule has 7 rings (SSSR count). The molecule has 49 heavy (non-hydrogen) atoms. The maximum atomic E-state index is 15.6. The number of hydrogen-bond donors (Lipinski definition) is 1. The molecule has 1 amide bonds. The Labute approximate surface area is 285 Å². The van der Waals surface area contributed by atoms with Crippen molar-refractivity contribution >= 4 is 38.5 Å². The number of carbonyl (C=O) groups excluding carboxylic acids is 1. The highest BCUT2D eigenvalue weighted by atomic mass is 32.2. The molecule has 2 aliphatic carbocycles. The van der Waals surface area contributed by atoms with Gasteiger partial charge in [-0.1, -0.05) is 12.1 Å². The maximum absolute atomic E-state index is 15.6. The number of rotatable bonds is 8. The van der Waals surface area contributed by atoms with Gasteiger partial charge in [0.05, 0.1) is 29.2 Å². The number of aromatic nitrogens is 3. The van der Waals surface area contributed by atoms with Crippen LogP contribution >= 0.6 is 0 Å². The molecular weight excluding hydrogens is 647 g/mol. The summed E-state index contributed by atoms with van der Waals surface area (Å²) in [6.45, 7) is 8.52. The molecule has 3 fully saturated rings. The number of ether oxygens (including phenoxy) is 2. The second-order valence-electron chi connectivity index (χ2n) is 14.5. The summed E-state index contributed by atoms with van der Waals surface area (Å²) in [6, 6.07) is 11.6. The molecule has 1 unspecified atom stereocenters. The summed E-state index contributed by atoms with van der Waals surface area (Å²) in [5, 5.41) is 4.40. The Bertz CT molecular complexity index is 2050. The zero-order chi connectivity index (χ0) is 34.7. The molecule has 2 aromatic heterocycles. The van der Waals surface area contributed by atoms with E-state index in [1.54, 1.807) is 47.6 Å². The molecule has 3 heterocycles. The first kappa shape index (κ1) is 33.0. The van der Waals surface area contributed by atoms with Crippen molar-refractivity contribution in [1.82, 2.24) is 19.9 Å². The van der Waals surface area contributed by atoms with Crippen LogP contribution in [0.4, 0.5) is 20.8 Å². The van der Waals surface area contributed by atoms with Gasteiger partial charge in [-0.3, -0.25) is 4.31 Å². The SMILES string of the molecule is Cc1ccc2c(N([C@H]3CC34CC4)S(C)(=O)=O)c(F)ccc2c1Oc1ncccc1-c1ccnc(NC2CCCN(C(=O)OC(C)(C)C)C2)n1. The molecule has 0 bridgehead atoms. The molecule has 2 saturated carbocycles. The molecule has 1 spiro atoms. The first-order chi connectivity index (χ1) is 23.2. The smallest absolute Gasteiger partial charge is 0.410 e. The van der Waals surface area contributed by atoms with Crippen molar-refractivity contribution in [2.45, 2.75) is 77.5 Å². The Hall–Kier alpha value is -4.52. The maximum Gasteiger partial charge on any atom is 0.410 e. The summed E-state index contributed by atoms with van der Waals surface area (Å²) in [5.74, 6) is 0.531. The first-order valence-corrected chi connectivity index (χ1v) is 18.5. The molecule has 11 nitrogen and oxygen atoms in total. The second kappa shape index (κ2) is 12.1. The average molecular weight is 689 g/mol.